The third-order valence-corrected chi connectivity index (χ3v) is 4.54. The molecular weight excluding hydrogens is 348 g/mol. The smallest absolute Gasteiger partial charge is 0.324 e. The second-order valence-corrected chi connectivity index (χ2v) is 6.33. The first-order valence-electron chi connectivity index (χ1n) is 8.31. The molecule has 3 nitrogen and oxygen atoms in total. The topological polar surface area (TPSA) is 32.3 Å². The third-order valence-electron chi connectivity index (χ3n) is 4.54. The second kappa shape index (κ2) is 7.35. The Hall–Kier alpha value is -2.57. The Bertz CT molecular complexity index is 783. The van der Waals surface area contributed by atoms with E-state index in [1.54, 1.807) is 11.0 Å². The number of urea groups is 1. The molecule has 2 aromatic carbocycles. The zero-order chi connectivity index (χ0) is 18.7. The number of anilines is 1. The lowest BCUT2D eigenvalue weighted by Crippen LogP contribution is -2.40. The number of likely N-dealkylation sites (tertiary alicyclic amines) is 1. The maximum absolute atomic E-state index is 13.3. The van der Waals surface area contributed by atoms with Gasteiger partial charge < -0.3 is 10.2 Å². The van der Waals surface area contributed by atoms with Gasteiger partial charge in [-0.1, -0.05) is 18.2 Å². The monoisotopic (exact) mass is 366 g/mol. The van der Waals surface area contributed by atoms with Gasteiger partial charge in [-0.2, -0.15) is 13.2 Å². The summed E-state index contributed by atoms with van der Waals surface area (Å²) in [5, 5.41) is 2.51. The van der Waals surface area contributed by atoms with Crippen molar-refractivity contribution < 1.29 is 22.4 Å². The molecule has 2 amide bonds. The van der Waals surface area contributed by atoms with E-state index in [0.717, 1.165) is 17.7 Å². The van der Waals surface area contributed by atoms with Crippen molar-refractivity contribution in [3.05, 3.63) is 65.5 Å². The molecule has 1 fully saturated rings. The molecular formula is C19H18F4N2O. The lowest BCUT2D eigenvalue weighted by Gasteiger charge is -2.32. The van der Waals surface area contributed by atoms with Gasteiger partial charge in [0.15, 0.2) is 0 Å². The highest BCUT2D eigenvalue weighted by Crippen LogP contribution is 2.31. The van der Waals surface area contributed by atoms with Crippen LogP contribution in [0.1, 0.15) is 29.9 Å². The summed E-state index contributed by atoms with van der Waals surface area (Å²) >= 11 is 0. The molecule has 1 aliphatic heterocycles. The molecule has 1 heterocycles. The number of hydrogen-bond donors (Lipinski definition) is 1. The Morgan fingerprint density at radius 1 is 1.04 bits per heavy atom. The fourth-order valence-electron chi connectivity index (χ4n) is 3.15. The fraction of sp³-hybridized carbons (Fsp3) is 0.316. The molecule has 26 heavy (non-hydrogen) atoms. The summed E-state index contributed by atoms with van der Waals surface area (Å²) < 4.78 is 51.6. The first-order valence-corrected chi connectivity index (χ1v) is 8.31. The van der Waals surface area contributed by atoms with Crippen LogP contribution < -0.4 is 5.32 Å². The normalized spacial score (nSPS) is 15.8. The van der Waals surface area contributed by atoms with E-state index in [4.69, 9.17) is 0 Å². The van der Waals surface area contributed by atoms with Crippen LogP contribution in [0.2, 0.25) is 0 Å². The average Bonchev–Trinajstić information content (AvgIpc) is 2.61. The molecule has 0 bridgehead atoms. The number of piperidine rings is 1. The van der Waals surface area contributed by atoms with E-state index in [1.807, 2.05) is 6.07 Å². The average molecular weight is 366 g/mol. The van der Waals surface area contributed by atoms with Gasteiger partial charge in [-0.3, -0.25) is 0 Å². The summed E-state index contributed by atoms with van der Waals surface area (Å²) in [6, 6.07) is 10.5. The number of nitrogens with zero attached hydrogens (tertiary/aromatic N) is 1. The zero-order valence-electron chi connectivity index (χ0n) is 13.9. The van der Waals surface area contributed by atoms with Crippen molar-refractivity contribution in [3.8, 4) is 0 Å². The van der Waals surface area contributed by atoms with Crippen LogP contribution in [0.5, 0.6) is 0 Å². The Morgan fingerprint density at radius 2 is 1.73 bits per heavy atom. The van der Waals surface area contributed by atoms with Crippen LogP contribution in [0, 0.1) is 5.82 Å². The number of alkyl halides is 3. The summed E-state index contributed by atoms with van der Waals surface area (Å²) in [5.41, 5.74) is 0.208. The van der Waals surface area contributed by atoms with Gasteiger partial charge in [-0.25, -0.2) is 9.18 Å². The minimum Gasteiger partial charge on any atom is -0.324 e. The SMILES string of the molecule is O=C(Nc1cccc(C(F)(F)F)c1)N1CCC(c2cccc(F)c2)CC1. The molecule has 0 saturated carbocycles. The first kappa shape index (κ1) is 18.2. The number of hydrogen-bond acceptors (Lipinski definition) is 1. The number of nitrogens with one attached hydrogen (secondary N) is 1. The van der Waals surface area contributed by atoms with Crippen molar-refractivity contribution in [2.45, 2.75) is 24.9 Å². The maximum Gasteiger partial charge on any atom is 0.416 e. The van der Waals surface area contributed by atoms with E-state index < -0.39 is 17.8 Å². The Morgan fingerprint density at radius 3 is 2.38 bits per heavy atom. The number of carbonyl (C=O) groups excluding carboxylic acids is 1. The molecule has 0 aliphatic carbocycles. The number of carbonyl (C=O) groups is 1. The van der Waals surface area contributed by atoms with Gasteiger partial charge in [0.2, 0.25) is 0 Å². The van der Waals surface area contributed by atoms with Gasteiger partial charge in [0.05, 0.1) is 5.56 Å². The van der Waals surface area contributed by atoms with Crippen molar-refractivity contribution in [3.63, 3.8) is 0 Å². The number of benzene rings is 2. The Balaban J connectivity index is 1.59. The summed E-state index contributed by atoms with van der Waals surface area (Å²) in [7, 11) is 0. The first-order chi connectivity index (χ1) is 12.3. The fourth-order valence-corrected chi connectivity index (χ4v) is 3.15. The minimum atomic E-state index is -4.45. The van der Waals surface area contributed by atoms with E-state index in [0.29, 0.717) is 25.9 Å². The molecule has 1 saturated heterocycles. The summed E-state index contributed by atoms with van der Waals surface area (Å²) in [4.78, 5) is 13.9. The highest BCUT2D eigenvalue weighted by atomic mass is 19.4. The lowest BCUT2D eigenvalue weighted by molar-refractivity contribution is -0.137. The van der Waals surface area contributed by atoms with Gasteiger partial charge in [-0.05, 0) is 54.7 Å². The zero-order valence-corrected chi connectivity index (χ0v) is 13.9. The molecule has 0 aromatic heterocycles. The number of amides is 2. The van der Waals surface area contributed by atoms with Crippen LogP contribution in [0.4, 0.5) is 28.0 Å². The van der Waals surface area contributed by atoms with Gasteiger partial charge in [0.1, 0.15) is 5.82 Å². The molecule has 1 aliphatic rings. The van der Waals surface area contributed by atoms with Gasteiger partial charge in [-0.15, -0.1) is 0 Å². The largest absolute Gasteiger partial charge is 0.416 e. The standard InChI is InChI=1S/C19H18F4N2O/c20-16-5-1-3-14(11-16)13-7-9-25(10-8-13)18(26)24-17-6-2-4-15(12-17)19(21,22)23/h1-6,11-13H,7-10H2,(H,24,26). The lowest BCUT2D eigenvalue weighted by atomic mass is 9.89. The molecule has 1 N–H and O–H groups in total. The summed E-state index contributed by atoms with van der Waals surface area (Å²) in [6.07, 6.45) is -3.09. The van der Waals surface area contributed by atoms with Crippen LogP contribution in [-0.4, -0.2) is 24.0 Å². The van der Waals surface area contributed by atoms with Gasteiger partial charge >= 0.3 is 12.2 Å². The van der Waals surface area contributed by atoms with E-state index in [2.05, 4.69) is 5.32 Å². The highest BCUT2D eigenvalue weighted by Gasteiger charge is 2.31. The van der Waals surface area contributed by atoms with Crippen LogP contribution in [-0.2, 0) is 6.18 Å². The van der Waals surface area contributed by atoms with Crippen molar-refractivity contribution in [2.24, 2.45) is 0 Å². The van der Waals surface area contributed by atoms with E-state index >= 15 is 0 Å². The molecule has 2 aromatic rings. The molecule has 3 rings (SSSR count). The summed E-state index contributed by atoms with van der Waals surface area (Å²) in [5.74, 6) is -0.115. The van der Waals surface area contributed by atoms with E-state index in [1.165, 1.54) is 24.3 Å². The van der Waals surface area contributed by atoms with Crippen molar-refractivity contribution in [1.29, 1.82) is 0 Å². The van der Waals surface area contributed by atoms with Crippen LogP contribution in [0.25, 0.3) is 0 Å². The molecule has 138 valence electrons. The van der Waals surface area contributed by atoms with Crippen molar-refractivity contribution in [1.82, 2.24) is 4.90 Å². The van der Waals surface area contributed by atoms with Crippen LogP contribution >= 0.6 is 0 Å². The maximum atomic E-state index is 13.3. The Kier molecular flexibility index (Phi) is 5.15. The highest BCUT2D eigenvalue weighted by molar-refractivity contribution is 5.89. The van der Waals surface area contributed by atoms with Gasteiger partial charge in [0, 0.05) is 18.8 Å². The molecule has 7 heteroatoms. The third kappa shape index (κ3) is 4.33. The van der Waals surface area contributed by atoms with Gasteiger partial charge in [0.25, 0.3) is 0 Å². The van der Waals surface area contributed by atoms with Crippen LogP contribution in [0.3, 0.4) is 0 Å². The second-order valence-electron chi connectivity index (χ2n) is 6.33. The molecule has 0 spiro atoms. The number of rotatable bonds is 2. The molecule has 0 unspecified atom stereocenters. The van der Waals surface area contributed by atoms with E-state index in [-0.39, 0.29) is 17.4 Å². The molecule has 0 atom stereocenters. The van der Waals surface area contributed by atoms with Crippen molar-refractivity contribution in [2.75, 3.05) is 18.4 Å². The minimum absolute atomic E-state index is 0.108. The predicted octanol–water partition coefficient (Wildman–Crippen LogP) is 5.26. The predicted molar refractivity (Wildman–Crippen MR) is 90.4 cm³/mol. The summed E-state index contributed by atoms with van der Waals surface area (Å²) in [6.45, 7) is 0.929. The molecule has 0 radical (unpaired) electrons. The van der Waals surface area contributed by atoms with Crippen molar-refractivity contribution >= 4 is 11.7 Å². The van der Waals surface area contributed by atoms with Crippen LogP contribution in [0.15, 0.2) is 48.5 Å². The van der Waals surface area contributed by atoms with E-state index in [9.17, 15) is 22.4 Å². The quantitative estimate of drug-likeness (QED) is 0.723. The Labute approximate surface area is 148 Å². The number of halogens is 4.